The normalized spacial score (nSPS) is 10.8. The van der Waals surface area contributed by atoms with Crippen molar-refractivity contribution in [3.63, 3.8) is 0 Å². The summed E-state index contributed by atoms with van der Waals surface area (Å²) in [7, 11) is 0. The Morgan fingerprint density at radius 3 is 2.00 bits per heavy atom. The van der Waals surface area contributed by atoms with Crippen molar-refractivity contribution in [1.29, 1.82) is 0 Å². The number of halogens is 4. The molecule has 1 rings (SSSR count). The highest BCUT2D eigenvalue weighted by molar-refractivity contribution is 5.95. The number of hydrogen-bond acceptors (Lipinski definition) is 5. The smallest absolute Gasteiger partial charge is 0.257 e. The number of benzene rings is 1. The number of anilines is 1. The summed E-state index contributed by atoms with van der Waals surface area (Å²) in [5, 5.41) is 10.5. The number of nitrogens with one attached hydrogen (secondary N) is 1. The molecule has 0 aliphatic carbocycles. The summed E-state index contributed by atoms with van der Waals surface area (Å²) in [5.41, 5.74) is 2.11. The summed E-state index contributed by atoms with van der Waals surface area (Å²) in [6.07, 6.45) is 0. The molecule has 0 saturated heterocycles. The lowest BCUT2D eigenvalue weighted by molar-refractivity contribution is 0.0338. The van der Waals surface area contributed by atoms with Gasteiger partial charge in [-0.1, -0.05) is 0 Å². The number of amides is 1. The average molecular weight is 340 g/mol. The van der Waals surface area contributed by atoms with Gasteiger partial charge in [0, 0.05) is 6.54 Å². The molecular formula is C13H16F4N2O4. The van der Waals surface area contributed by atoms with E-state index in [0.29, 0.717) is 0 Å². The van der Waals surface area contributed by atoms with Gasteiger partial charge in [-0.05, 0) is 0 Å². The van der Waals surface area contributed by atoms with Crippen molar-refractivity contribution in [3.05, 3.63) is 28.8 Å². The molecule has 0 radical (unpaired) electrons. The fourth-order valence-electron chi connectivity index (χ4n) is 1.56. The summed E-state index contributed by atoms with van der Waals surface area (Å²) < 4.78 is 63.4. The van der Waals surface area contributed by atoms with Crippen LogP contribution in [0.5, 0.6) is 0 Å². The molecule has 0 atom stereocenters. The van der Waals surface area contributed by atoms with Gasteiger partial charge in [0.1, 0.15) is 11.3 Å². The number of rotatable bonds is 9. The first-order valence-corrected chi connectivity index (χ1v) is 6.57. The minimum atomic E-state index is -1.86. The van der Waals surface area contributed by atoms with Crippen LogP contribution in [0.3, 0.4) is 0 Å². The van der Waals surface area contributed by atoms with Crippen LogP contribution in [0.4, 0.5) is 23.2 Å². The molecule has 0 heterocycles. The number of carbonyl (C=O) groups excluding carboxylic acids is 1. The molecule has 0 unspecified atom stereocenters. The topological polar surface area (TPSA) is 93.8 Å². The SMILES string of the molecule is Nc1c(F)c(F)c(C(=O)NCCOCCOCCO)c(F)c1F. The van der Waals surface area contributed by atoms with Crippen LogP contribution in [-0.4, -0.2) is 50.6 Å². The molecule has 0 aromatic heterocycles. The van der Waals surface area contributed by atoms with Crippen molar-refractivity contribution in [2.24, 2.45) is 0 Å². The highest BCUT2D eigenvalue weighted by atomic mass is 19.2. The van der Waals surface area contributed by atoms with E-state index >= 15 is 0 Å². The molecular weight excluding hydrogens is 324 g/mol. The Labute approximate surface area is 129 Å². The summed E-state index contributed by atoms with van der Waals surface area (Å²) >= 11 is 0. The summed E-state index contributed by atoms with van der Waals surface area (Å²) in [4.78, 5) is 11.6. The van der Waals surface area contributed by atoms with Gasteiger partial charge in [-0.2, -0.15) is 0 Å². The maximum Gasteiger partial charge on any atom is 0.257 e. The Morgan fingerprint density at radius 2 is 1.48 bits per heavy atom. The molecule has 1 aromatic rings. The first-order chi connectivity index (χ1) is 10.9. The zero-order valence-corrected chi connectivity index (χ0v) is 12.0. The number of carbonyl (C=O) groups is 1. The van der Waals surface area contributed by atoms with E-state index < -0.39 is 40.4 Å². The van der Waals surface area contributed by atoms with Crippen LogP contribution >= 0.6 is 0 Å². The van der Waals surface area contributed by atoms with Crippen LogP contribution in [0, 0.1) is 23.3 Å². The van der Waals surface area contributed by atoms with Gasteiger partial charge in [-0.25, -0.2) is 17.6 Å². The number of hydrogen-bond donors (Lipinski definition) is 3. The molecule has 0 aliphatic rings. The lowest BCUT2D eigenvalue weighted by Gasteiger charge is -2.10. The second-order valence-electron chi connectivity index (χ2n) is 4.25. The Balaban J connectivity index is 2.50. The van der Waals surface area contributed by atoms with Crippen LogP contribution in [0.2, 0.25) is 0 Å². The number of aliphatic hydroxyl groups excluding tert-OH is 1. The number of ether oxygens (including phenoxy) is 2. The van der Waals surface area contributed by atoms with E-state index in [0.717, 1.165) is 0 Å². The van der Waals surface area contributed by atoms with E-state index in [2.05, 4.69) is 5.32 Å². The molecule has 4 N–H and O–H groups in total. The van der Waals surface area contributed by atoms with Crippen molar-refractivity contribution in [3.8, 4) is 0 Å². The Kier molecular flexibility index (Phi) is 7.72. The fourth-order valence-corrected chi connectivity index (χ4v) is 1.56. The largest absolute Gasteiger partial charge is 0.394 e. The quantitative estimate of drug-likeness (QED) is 0.265. The lowest BCUT2D eigenvalue weighted by Crippen LogP contribution is -2.30. The third-order valence-corrected chi connectivity index (χ3v) is 2.66. The highest BCUT2D eigenvalue weighted by Crippen LogP contribution is 2.25. The van der Waals surface area contributed by atoms with Crippen molar-refractivity contribution >= 4 is 11.6 Å². The third-order valence-electron chi connectivity index (χ3n) is 2.66. The molecule has 0 saturated carbocycles. The van der Waals surface area contributed by atoms with Crippen LogP contribution in [0.25, 0.3) is 0 Å². The average Bonchev–Trinajstić information content (AvgIpc) is 2.53. The van der Waals surface area contributed by atoms with E-state index in [1.807, 2.05) is 0 Å². The standard InChI is InChI=1S/C13H16F4N2O4/c14-8-7(9(15)11(17)12(18)10(8)16)13(21)19-1-3-22-5-6-23-4-2-20/h20H,1-6,18H2,(H,19,21). The summed E-state index contributed by atoms with van der Waals surface area (Å²) in [5.74, 6) is -8.72. The number of nitrogen functional groups attached to an aromatic ring is 1. The molecule has 130 valence electrons. The summed E-state index contributed by atoms with van der Waals surface area (Å²) in [6, 6.07) is 0. The van der Waals surface area contributed by atoms with Gasteiger partial charge in [0.05, 0.1) is 33.0 Å². The monoisotopic (exact) mass is 340 g/mol. The first-order valence-electron chi connectivity index (χ1n) is 6.57. The second-order valence-corrected chi connectivity index (χ2v) is 4.25. The Morgan fingerprint density at radius 1 is 0.957 bits per heavy atom. The number of aliphatic hydroxyl groups is 1. The van der Waals surface area contributed by atoms with Crippen molar-refractivity contribution in [2.75, 3.05) is 45.3 Å². The van der Waals surface area contributed by atoms with Gasteiger partial charge >= 0.3 is 0 Å². The Bertz CT molecular complexity index is 528. The lowest BCUT2D eigenvalue weighted by atomic mass is 10.1. The molecule has 0 bridgehead atoms. The molecule has 1 aromatic carbocycles. The van der Waals surface area contributed by atoms with E-state index in [-0.39, 0.29) is 39.6 Å². The van der Waals surface area contributed by atoms with Crippen LogP contribution < -0.4 is 11.1 Å². The van der Waals surface area contributed by atoms with Gasteiger partial charge in [0.15, 0.2) is 23.3 Å². The zero-order valence-electron chi connectivity index (χ0n) is 12.0. The van der Waals surface area contributed by atoms with Gasteiger partial charge in [-0.3, -0.25) is 4.79 Å². The molecule has 0 aliphatic heterocycles. The molecule has 23 heavy (non-hydrogen) atoms. The highest BCUT2D eigenvalue weighted by Gasteiger charge is 2.27. The minimum absolute atomic E-state index is 0.0165. The Hall–Kier alpha value is -1.91. The van der Waals surface area contributed by atoms with Crippen molar-refractivity contribution in [1.82, 2.24) is 5.32 Å². The third kappa shape index (κ3) is 5.05. The van der Waals surface area contributed by atoms with Gasteiger partial charge in [-0.15, -0.1) is 0 Å². The van der Waals surface area contributed by atoms with Gasteiger partial charge in [0.25, 0.3) is 5.91 Å². The first kappa shape index (κ1) is 19.1. The van der Waals surface area contributed by atoms with Crippen LogP contribution in [-0.2, 0) is 9.47 Å². The molecule has 1 amide bonds. The minimum Gasteiger partial charge on any atom is -0.394 e. The maximum atomic E-state index is 13.5. The van der Waals surface area contributed by atoms with Gasteiger partial charge < -0.3 is 25.6 Å². The van der Waals surface area contributed by atoms with Gasteiger partial charge in [0.2, 0.25) is 0 Å². The zero-order chi connectivity index (χ0) is 17.4. The molecule has 10 heteroatoms. The van der Waals surface area contributed by atoms with E-state index in [9.17, 15) is 22.4 Å². The van der Waals surface area contributed by atoms with E-state index in [4.69, 9.17) is 20.3 Å². The van der Waals surface area contributed by atoms with Crippen LogP contribution in [0.1, 0.15) is 10.4 Å². The summed E-state index contributed by atoms with van der Waals surface area (Å²) in [6.45, 7) is 0.257. The van der Waals surface area contributed by atoms with E-state index in [1.54, 1.807) is 0 Å². The van der Waals surface area contributed by atoms with Crippen molar-refractivity contribution < 1.29 is 36.9 Å². The van der Waals surface area contributed by atoms with Crippen LogP contribution in [0.15, 0.2) is 0 Å². The number of nitrogens with two attached hydrogens (primary N) is 1. The maximum absolute atomic E-state index is 13.5. The molecule has 6 nitrogen and oxygen atoms in total. The van der Waals surface area contributed by atoms with E-state index in [1.165, 1.54) is 0 Å². The molecule has 0 spiro atoms. The van der Waals surface area contributed by atoms with Crippen molar-refractivity contribution in [2.45, 2.75) is 0 Å². The fraction of sp³-hybridized carbons (Fsp3) is 0.462. The predicted molar refractivity (Wildman–Crippen MR) is 71.7 cm³/mol. The molecule has 0 fully saturated rings. The predicted octanol–water partition coefficient (Wildman–Crippen LogP) is 0.580. The second kappa shape index (κ2) is 9.28.